The van der Waals surface area contributed by atoms with Crippen molar-refractivity contribution < 1.29 is 22.7 Å². The quantitative estimate of drug-likeness (QED) is 0.465. The van der Waals surface area contributed by atoms with Crippen molar-refractivity contribution in [2.24, 2.45) is 0 Å². The van der Waals surface area contributed by atoms with Crippen molar-refractivity contribution in [1.82, 2.24) is 14.9 Å². The van der Waals surface area contributed by atoms with Gasteiger partial charge >= 0.3 is 6.36 Å². The van der Waals surface area contributed by atoms with E-state index in [-0.39, 0.29) is 18.2 Å². The van der Waals surface area contributed by atoms with Crippen LogP contribution in [0.3, 0.4) is 0 Å². The Morgan fingerprint density at radius 2 is 2.00 bits per heavy atom. The molecule has 1 amide bonds. The van der Waals surface area contributed by atoms with Crippen molar-refractivity contribution in [2.75, 3.05) is 7.05 Å². The molecule has 158 valence electrons. The second-order valence-corrected chi connectivity index (χ2v) is 7.53. The maximum atomic E-state index is 12.4. The minimum absolute atomic E-state index is 0.186. The van der Waals surface area contributed by atoms with E-state index in [2.05, 4.69) is 33.6 Å². The minimum atomic E-state index is -4.75. The standard InChI is InChI=1S/C21H20F3N3O2S/c1-4-13-10-16-19(14-6-8-15(9-7-14)29-21(22,23)24)25-17(26-20(16)30-12-13)11-27(3)18(28)5-2/h5-9,12H,2,4,10-11H2,1,3H3. The number of thioether (sulfide) groups is 1. The molecule has 3 rings (SSSR count). The number of likely N-dealkylation sites (N-methyl/N-ethyl adjacent to an activating group) is 1. The second kappa shape index (κ2) is 8.91. The predicted molar refractivity (Wildman–Crippen MR) is 109 cm³/mol. The molecule has 0 radical (unpaired) electrons. The number of allylic oxidation sites excluding steroid dienone is 1. The molecule has 0 atom stereocenters. The van der Waals surface area contributed by atoms with Gasteiger partial charge in [0, 0.05) is 18.2 Å². The lowest BCUT2D eigenvalue weighted by Gasteiger charge is -2.21. The number of benzene rings is 1. The zero-order valence-corrected chi connectivity index (χ0v) is 17.3. The van der Waals surface area contributed by atoms with Crippen molar-refractivity contribution in [3.63, 3.8) is 0 Å². The molecule has 2 heterocycles. The third-order valence-electron chi connectivity index (χ3n) is 4.50. The van der Waals surface area contributed by atoms with Crippen molar-refractivity contribution in [2.45, 2.75) is 37.7 Å². The van der Waals surface area contributed by atoms with Gasteiger partial charge in [-0.25, -0.2) is 9.97 Å². The number of halogens is 3. The molecular weight excluding hydrogens is 415 g/mol. The van der Waals surface area contributed by atoms with Crippen molar-refractivity contribution >= 4 is 17.7 Å². The number of fused-ring (bicyclic) bond motifs is 1. The maximum absolute atomic E-state index is 12.4. The molecule has 1 aliphatic heterocycles. The molecular formula is C21H20F3N3O2S. The third kappa shape index (κ3) is 5.21. The van der Waals surface area contributed by atoms with Crippen molar-refractivity contribution in [1.29, 1.82) is 0 Å². The molecule has 1 aliphatic rings. The fourth-order valence-electron chi connectivity index (χ4n) is 2.95. The predicted octanol–water partition coefficient (Wildman–Crippen LogP) is 5.13. The van der Waals surface area contributed by atoms with Crippen LogP contribution in [0.25, 0.3) is 11.3 Å². The third-order valence-corrected chi connectivity index (χ3v) is 5.51. The number of hydrogen-bond donors (Lipinski definition) is 0. The molecule has 0 fully saturated rings. The first-order valence-electron chi connectivity index (χ1n) is 9.18. The van der Waals surface area contributed by atoms with Gasteiger partial charge in [-0.2, -0.15) is 0 Å². The molecule has 1 aromatic carbocycles. The first-order chi connectivity index (χ1) is 14.2. The van der Waals surface area contributed by atoms with E-state index in [1.165, 1.54) is 40.4 Å². The van der Waals surface area contributed by atoms with E-state index < -0.39 is 6.36 Å². The van der Waals surface area contributed by atoms with E-state index in [1.807, 2.05) is 0 Å². The van der Waals surface area contributed by atoms with Crippen LogP contribution in [0.2, 0.25) is 0 Å². The van der Waals surface area contributed by atoms with E-state index in [4.69, 9.17) is 0 Å². The second-order valence-electron chi connectivity index (χ2n) is 6.67. The van der Waals surface area contributed by atoms with Gasteiger partial charge in [-0.3, -0.25) is 4.79 Å². The van der Waals surface area contributed by atoms with Gasteiger partial charge in [-0.05, 0) is 48.6 Å². The van der Waals surface area contributed by atoms with E-state index in [0.717, 1.165) is 17.0 Å². The summed E-state index contributed by atoms with van der Waals surface area (Å²) in [4.78, 5) is 22.5. The topological polar surface area (TPSA) is 55.3 Å². The Kier molecular flexibility index (Phi) is 6.50. The van der Waals surface area contributed by atoms with Gasteiger partial charge < -0.3 is 9.64 Å². The number of rotatable bonds is 6. The largest absolute Gasteiger partial charge is 0.573 e. The molecule has 30 heavy (non-hydrogen) atoms. The molecule has 0 N–H and O–H groups in total. The Labute approximate surface area is 176 Å². The van der Waals surface area contributed by atoms with Gasteiger partial charge in [0.25, 0.3) is 0 Å². The van der Waals surface area contributed by atoms with E-state index in [0.29, 0.717) is 23.5 Å². The number of hydrogen-bond acceptors (Lipinski definition) is 5. The number of aromatic nitrogens is 2. The van der Waals surface area contributed by atoms with Crippen LogP contribution in [-0.4, -0.2) is 34.2 Å². The van der Waals surface area contributed by atoms with Gasteiger partial charge in [0.1, 0.15) is 16.6 Å². The number of amides is 1. The zero-order chi connectivity index (χ0) is 21.9. The molecule has 2 aromatic rings. The van der Waals surface area contributed by atoms with Crippen LogP contribution in [0.4, 0.5) is 13.2 Å². The Morgan fingerprint density at radius 3 is 2.60 bits per heavy atom. The Balaban J connectivity index is 2.00. The fourth-order valence-corrected chi connectivity index (χ4v) is 3.95. The fraction of sp³-hybridized carbons (Fsp3) is 0.286. The highest BCUT2D eigenvalue weighted by Gasteiger charge is 2.31. The summed E-state index contributed by atoms with van der Waals surface area (Å²) in [5, 5.41) is 2.84. The van der Waals surface area contributed by atoms with Crippen LogP contribution < -0.4 is 4.74 Å². The Hall–Kier alpha value is -2.81. The lowest BCUT2D eigenvalue weighted by molar-refractivity contribution is -0.274. The number of ether oxygens (including phenoxy) is 1. The zero-order valence-electron chi connectivity index (χ0n) is 16.5. The SMILES string of the molecule is C=CC(=O)N(C)Cc1nc2c(c(-c3ccc(OC(F)(F)F)cc3)n1)CC(CC)=CS2. The smallest absolute Gasteiger partial charge is 0.406 e. The molecule has 0 aliphatic carbocycles. The van der Waals surface area contributed by atoms with E-state index >= 15 is 0 Å². The summed E-state index contributed by atoms with van der Waals surface area (Å²) in [6.07, 6.45) is -1.99. The summed E-state index contributed by atoms with van der Waals surface area (Å²) in [7, 11) is 1.62. The summed E-state index contributed by atoms with van der Waals surface area (Å²) in [5.41, 5.74) is 3.44. The number of carbonyl (C=O) groups is 1. The summed E-state index contributed by atoms with van der Waals surface area (Å²) < 4.78 is 41.3. The van der Waals surface area contributed by atoms with Crippen molar-refractivity contribution in [3.8, 4) is 17.0 Å². The number of carbonyl (C=O) groups excluding carboxylic acids is 1. The molecule has 0 saturated carbocycles. The minimum Gasteiger partial charge on any atom is -0.406 e. The lowest BCUT2D eigenvalue weighted by Crippen LogP contribution is -2.25. The average Bonchev–Trinajstić information content (AvgIpc) is 2.71. The molecule has 0 saturated heterocycles. The molecule has 1 aromatic heterocycles. The normalized spacial score (nSPS) is 13.3. The van der Waals surface area contributed by atoms with Gasteiger partial charge in [0.15, 0.2) is 0 Å². The van der Waals surface area contributed by atoms with E-state index in [1.54, 1.807) is 19.2 Å². The number of alkyl halides is 3. The van der Waals surface area contributed by atoms with Crippen LogP contribution in [0.5, 0.6) is 5.75 Å². The molecule has 9 heteroatoms. The molecule has 0 spiro atoms. The highest BCUT2D eigenvalue weighted by Crippen LogP contribution is 2.37. The first kappa shape index (κ1) is 21.9. The molecule has 5 nitrogen and oxygen atoms in total. The Morgan fingerprint density at radius 1 is 1.30 bits per heavy atom. The van der Waals surface area contributed by atoms with Gasteiger partial charge in [0.2, 0.25) is 5.91 Å². The van der Waals surface area contributed by atoms with Crippen LogP contribution >= 0.6 is 11.8 Å². The average molecular weight is 435 g/mol. The summed E-state index contributed by atoms with van der Waals surface area (Å²) in [6, 6.07) is 5.61. The maximum Gasteiger partial charge on any atom is 0.573 e. The van der Waals surface area contributed by atoms with Crippen LogP contribution in [0.1, 0.15) is 24.7 Å². The number of nitrogens with zero attached hydrogens (tertiary/aromatic N) is 3. The van der Waals surface area contributed by atoms with E-state index in [9.17, 15) is 18.0 Å². The van der Waals surface area contributed by atoms with Gasteiger partial charge in [0.05, 0.1) is 12.2 Å². The highest BCUT2D eigenvalue weighted by molar-refractivity contribution is 8.02. The summed E-state index contributed by atoms with van der Waals surface area (Å²) >= 11 is 1.49. The van der Waals surface area contributed by atoms with Crippen molar-refractivity contribution in [3.05, 3.63) is 59.3 Å². The molecule has 0 bridgehead atoms. The van der Waals surface area contributed by atoms with Crippen LogP contribution in [0.15, 0.2) is 52.9 Å². The van der Waals surface area contributed by atoms with Crippen LogP contribution in [0, 0.1) is 0 Å². The lowest BCUT2D eigenvalue weighted by atomic mass is 10.00. The van der Waals surface area contributed by atoms with Crippen LogP contribution in [-0.2, 0) is 17.8 Å². The summed E-state index contributed by atoms with van der Waals surface area (Å²) in [5.74, 6) is -0.112. The van der Waals surface area contributed by atoms with Gasteiger partial charge in [-0.1, -0.05) is 30.8 Å². The first-order valence-corrected chi connectivity index (χ1v) is 10.1. The highest BCUT2D eigenvalue weighted by atomic mass is 32.2. The molecule has 0 unspecified atom stereocenters. The van der Waals surface area contributed by atoms with Gasteiger partial charge in [-0.15, -0.1) is 13.2 Å². The Bertz CT molecular complexity index is 988. The monoisotopic (exact) mass is 435 g/mol. The summed E-state index contributed by atoms with van der Waals surface area (Å²) in [6.45, 7) is 5.72.